The SMILES string of the molecule is Cc1c(C(=O)N2CCC(O)(c3cn[nH]n3)C2)oc2ccccc12. The van der Waals surface area contributed by atoms with E-state index in [0.717, 1.165) is 10.9 Å². The summed E-state index contributed by atoms with van der Waals surface area (Å²) in [4.78, 5) is 14.4. The van der Waals surface area contributed by atoms with Gasteiger partial charge in [0.1, 0.15) is 16.9 Å². The number of nitrogens with one attached hydrogen (secondary N) is 1. The number of rotatable bonds is 2. The van der Waals surface area contributed by atoms with Gasteiger partial charge >= 0.3 is 0 Å². The van der Waals surface area contributed by atoms with Gasteiger partial charge in [0.2, 0.25) is 0 Å². The van der Waals surface area contributed by atoms with Crippen molar-refractivity contribution in [2.24, 2.45) is 0 Å². The first kappa shape index (κ1) is 14.0. The highest BCUT2D eigenvalue weighted by Crippen LogP contribution is 2.33. The Bertz CT molecular complexity index is 871. The quantitative estimate of drug-likeness (QED) is 0.749. The highest BCUT2D eigenvalue weighted by Gasteiger charge is 2.42. The minimum Gasteiger partial charge on any atom is -0.451 e. The van der Waals surface area contributed by atoms with Crippen molar-refractivity contribution in [2.45, 2.75) is 18.9 Å². The number of benzene rings is 1. The minimum atomic E-state index is -1.16. The van der Waals surface area contributed by atoms with Gasteiger partial charge in [0.25, 0.3) is 5.91 Å². The molecule has 1 amide bonds. The summed E-state index contributed by atoms with van der Waals surface area (Å²) in [5.41, 5.74) is 0.804. The Morgan fingerprint density at radius 1 is 1.43 bits per heavy atom. The summed E-state index contributed by atoms with van der Waals surface area (Å²) in [7, 11) is 0. The van der Waals surface area contributed by atoms with Crippen molar-refractivity contribution in [1.82, 2.24) is 20.3 Å². The van der Waals surface area contributed by atoms with E-state index in [-0.39, 0.29) is 12.5 Å². The van der Waals surface area contributed by atoms with Gasteiger partial charge in [-0.2, -0.15) is 15.4 Å². The molecular weight excluding hydrogens is 296 g/mol. The molecule has 1 unspecified atom stereocenters. The van der Waals surface area contributed by atoms with Gasteiger partial charge in [-0.05, 0) is 13.0 Å². The second-order valence-electron chi connectivity index (χ2n) is 5.92. The predicted octanol–water partition coefficient (Wildman–Crippen LogP) is 1.59. The normalized spacial score (nSPS) is 21.2. The fraction of sp³-hybridized carbons (Fsp3) is 0.312. The van der Waals surface area contributed by atoms with Crippen LogP contribution in [-0.2, 0) is 5.60 Å². The van der Waals surface area contributed by atoms with E-state index in [1.165, 1.54) is 6.20 Å². The summed E-state index contributed by atoms with van der Waals surface area (Å²) < 4.78 is 5.72. The maximum absolute atomic E-state index is 12.8. The zero-order valence-corrected chi connectivity index (χ0v) is 12.6. The molecule has 1 saturated heterocycles. The van der Waals surface area contributed by atoms with Crippen LogP contribution < -0.4 is 0 Å². The molecule has 1 aromatic carbocycles. The number of amides is 1. The number of likely N-dealkylation sites (tertiary alicyclic amines) is 1. The lowest BCUT2D eigenvalue weighted by molar-refractivity contribution is 0.0374. The monoisotopic (exact) mass is 312 g/mol. The van der Waals surface area contributed by atoms with Crippen molar-refractivity contribution >= 4 is 16.9 Å². The van der Waals surface area contributed by atoms with Crippen LogP contribution in [0, 0.1) is 6.92 Å². The van der Waals surface area contributed by atoms with E-state index in [1.807, 2.05) is 31.2 Å². The first-order valence-electron chi connectivity index (χ1n) is 7.44. The fourth-order valence-corrected chi connectivity index (χ4v) is 3.12. The number of fused-ring (bicyclic) bond motifs is 1. The summed E-state index contributed by atoms with van der Waals surface area (Å²) in [6.07, 6.45) is 1.91. The maximum atomic E-state index is 12.8. The maximum Gasteiger partial charge on any atom is 0.290 e. The molecule has 0 spiro atoms. The highest BCUT2D eigenvalue weighted by atomic mass is 16.3. The molecule has 4 rings (SSSR count). The summed E-state index contributed by atoms with van der Waals surface area (Å²) in [6.45, 7) is 2.49. The molecule has 2 aromatic heterocycles. The molecule has 118 valence electrons. The van der Waals surface area contributed by atoms with Crippen LogP contribution in [0.3, 0.4) is 0 Å². The Labute approximate surface area is 131 Å². The molecule has 0 aliphatic carbocycles. The van der Waals surface area contributed by atoms with E-state index in [4.69, 9.17) is 4.42 Å². The van der Waals surface area contributed by atoms with Crippen molar-refractivity contribution in [2.75, 3.05) is 13.1 Å². The lowest BCUT2D eigenvalue weighted by Gasteiger charge is -2.20. The van der Waals surface area contributed by atoms with Crippen molar-refractivity contribution in [3.05, 3.63) is 47.5 Å². The van der Waals surface area contributed by atoms with Gasteiger partial charge in [-0.1, -0.05) is 18.2 Å². The molecule has 1 aliphatic heterocycles. The van der Waals surface area contributed by atoms with Crippen LogP contribution in [0.2, 0.25) is 0 Å². The molecule has 3 heterocycles. The molecule has 0 radical (unpaired) electrons. The number of H-pyrrole nitrogens is 1. The van der Waals surface area contributed by atoms with Crippen LogP contribution in [-0.4, -0.2) is 44.4 Å². The van der Waals surface area contributed by atoms with E-state index < -0.39 is 5.60 Å². The number of aliphatic hydroxyl groups is 1. The number of carbonyl (C=O) groups excluding carboxylic acids is 1. The standard InChI is InChI=1S/C16H16N4O3/c1-10-11-4-2-3-5-12(11)23-14(10)15(21)20-7-6-16(22,9-20)13-8-17-19-18-13/h2-5,8,22H,6-7,9H2,1H3,(H,17,18,19). The van der Waals surface area contributed by atoms with Crippen LogP contribution in [0.5, 0.6) is 0 Å². The van der Waals surface area contributed by atoms with Gasteiger partial charge in [0, 0.05) is 23.9 Å². The second kappa shape index (κ2) is 4.92. The molecule has 1 fully saturated rings. The number of hydrogen-bond acceptors (Lipinski definition) is 5. The largest absolute Gasteiger partial charge is 0.451 e. The van der Waals surface area contributed by atoms with Gasteiger partial charge < -0.3 is 14.4 Å². The molecule has 0 saturated carbocycles. The van der Waals surface area contributed by atoms with E-state index in [9.17, 15) is 9.90 Å². The Balaban J connectivity index is 1.63. The average molecular weight is 312 g/mol. The predicted molar refractivity (Wildman–Crippen MR) is 81.8 cm³/mol. The molecule has 23 heavy (non-hydrogen) atoms. The summed E-state index contributed by atoms with van der Waals surface area (Å²) >= 11 is 0. The number of para-hydroxylation sites is 1. The highest BCUT2D eigenvalue weighted by molar-refractivity contribution is 5.99. The molecular formula is C16H16N4O3. The molecule has 3 aromatic rings. The van der Waals surface area contributed by atoms with Crippen molar-refractivity contribution in [1.29, 1.82) is 0 Å². The van der Waals surface area contributed by atoms with Crippen LogP contribution in [0.4, 0.5) is 0 Å². The smallest absolute Gasteiger partial charge is 0.290 e. The Morgan fingerprint density at radius 3 is 3.00 bits per heavy atom. The van der Waals surface area contributed by atoms with Crippen LogP contribution in [0.25, 0.3) is 11.0 Å². The van der Waals surface area contributed by atoms with Crippen LogP contribution in [0.1, 0.15) is 28.2 Å². The van der Waals surface area contributed by atoms with Gasteiger partial charge in [-0.3, -0.25) is 4.79 Å². The Morgan fingerprint density at radius 2 is 2.26 bits per heavy atom. The number of aryl methyl sites for hydroxylation is 1. The second-order valence-corrected chi connectivity index (χ2v) is 5.92. The lowest BCUT2D eigenvalue weighted by Crippen LogP contribution is -2.34. The van der Waals surface area contributed by atoms with E-state index in [0.29, 0.717) is 30.0 Å². The number of hydrogen-bond donors (Lipinski definition) is 2. The summed E-state index contributed by atoms with van der Waals surface area (Å²) in [6, 6.07) is 7.56. The minimum absolute atomic E-state index is 0.175. The van der Waals surface area contributed by atoms with Crippen molar-refractivity contribution in [3.63, 3.8) is 0 Å². The first-order chi connectivity index (χ1) is 11.1. The van der Waals surface area contributed by atoms with Gasteiger partial charge in [0.15, 0.2) is 5.76 Å². The third-order valence-electron chi connectivity index (χ3n) is 4.46. The fourth-order valence-electron chi connectivity index (χ4n) is 3.12. The molecule has 7 heteroatoms. The molecule has 0 bridgehead atoms. The number of carbonyl (C=O) groups is 1. The number of nitrogens with zero attached hydrogens (tertiary/aromatic N) is 3. The lowest BCUT2D eigenvalue weighted by atomic mass is 10.00. The number of β-amino-alcohol motifs (C(OH)–C–C–N with tert-alkyl or cyclic N) is 1. The van der Waals surface area contributed by atoms with E-state index in [2.05, 4.69) is 15.4 Å². The zero-order valence-electron chi connectivity index (χ0n) is 12.6. The summed E-state index contributed by atoms with van der Waals surface area (Å²) in [5, 5.41) is 21.8. The van der Waals surface area contributed by atoms with Gasteiger partial charge in [-0.15, -0.1) is 0 Å². The molecule has 2 N–H and O–H groups in total. The topological polar surface area (TPSA) is 95.2 Å². The third-order valence-corrected chi connectivity index (χ3v) is 4.46. The molecule has 1 aliphatic rings. The Kier molecular flexibility index (Phi) is 2.99. The summed E-state index contributed by atoms with van der Waals surface area (Å²) in [5.74, 6) is 0.119. The van der Waals surface area contributed by atoms with E-state index >= 15 is 0 Å². The van der Waals surface area contributed by atoms with Crippen molar-refractivity contribution in [3.8, 4) is 0 Å². The third kappa shape index (κ3) is 2.12. The number of aromatic amines is 1. The molecule has 1 atom stereocenters. The van der Waals surface area contributed by atoms with E-state index in [1.54, 1.807) is 4.90 Å². The van der Waals surface area contributed by atoms with Crippen LogP contribution >= 0.6 is 0 Å². The van der Waals surface area contributed by atoms with Gasteiger partial charge in [0.05, 0.1) is 12.7 Å². The first-order valence-corrected chi connectivity index (χ1v) is 7.44. The average Bonchev–Trinajstić information content (AvgIpc) is 3.27. The number of furan rings is 1. The van der Waals surface area contributed by atoms with Crippen LogP contribution in [0.15, 0.2) is 34.9 Å². The zero-order chi connectivity index (χ0) is 16.0. The van der Waals surface area contributed by atoms with Crippen molar-refractivity contribution < 1.29 is 14.3 Å². The molecule has 7 nitrogen and oxygen atoms in total. The Hall–Kier alpha value is -2.67. The van der Waals surface area contributed by atoms with Gasteiger partial charge in [-0.25, -0.2) is 0 Å². The number of aromatic nitrogens is 3.